The van der Waals surface area contributed by atoms with Gasteiger partial charge in [0.05, 0.1) is 22.7 Å². The van der Waals surface area contributed by atoms with Crippen molar-refractivity contribution in [1.29, 1.82) is 5.26 Å². The van der Waals surface area contributed by atoms with Gasteiger partial charge in [-0.2, -0.15) is 5.26 Å². The fourth-order valence-electron chi connectivity index (χ4n) is 2.71. The molecule has 1 aliphatic rings. The highest BCUT2D eigenvalue weighted by molar-refractivity contribution is 7.93. The molecule has 0 amide bonds. The third-order valence-electron chi connectivity index (χ3n) is 3.88. The zero-order valence-electron chi connectivity index (χ0n) is 12.9. The molecule has 1 aliphatic heterocycles. The van der Waals surface area contributed by atoms with Gasteiger partial charge in [-0.3, -0.25) is 4.31 Å². The maximum Gasteiger partial charge on any atom is 0.235 e. The molecule has 124 valence electrons. The van der Waals surface area contributed by atoms with Crippen LogP contribution < -0.4 is 9.62 Å². The number of rotatable bonds is 4. The minimum absolute atomic E-state index is 0.177. The number of nitriles is 1. The zero-order valence-corrected chi connectivity index (χ0v) is 13.7. The summed E-state index contributed by atoms with van der Waals surface area (Å²) in [6, 6.07) is 13.2. The number of sulfonamides is 1. The summed E-state index contributed by atoms with van der Waals surface area (Å²) in [5.41, 5.74) is 2.29. The Balaban J connectivity index is 1.78. The molecule has 0 saturated carbocycles. The Morgan fingerprint density at radius 2 is 2.08 bits per heavy atom. The highest BCUT2D eigenvalue weighted by Gasteiger charge is 2.28. The average Bonchev–Trinajstić information content (AvgIpc) is 2.93. The Kier molecular flexibility index (Phi) is 4.40. The van der Waals surface area contributed by atoms with Crippen LogP contribution in [0.2, 0.25) is 0 Å². The minimum Gasteiger partial charge on any atom is -0.380 e. The van der Waals surface area contributed by atoms with E-state index in [2.05, 4.69) is 5.32 Å². The van der Waals surface area contributed by atoms with Crippen molar-refractivity contribution in [2.45, 2.75) is 13.0 Å². The lowest BCUT2D eigenvalue weighted by atomic mass is 10.1. The molecular formula is C17H16FN3O2S. The van der Waals surface area contributed by atoms with Crippen molar-refractivity contribution < 1.29 is 12.8 Å². The summed E-state index contributed by atoms with van der Waals surface area (Å²) in [5.74, 6) is -0.283. The van der Waals surface area contributed by atoms with E-state index in [9.17, 15) is 12.8 Å². The summed E-state index contributed by atoms with van der Waals surface area (Å²) in [6.07, 6.45) is 0.631. The standard InChI is InChI=1S/C17H16FN3O2S/c18-15-5-6-17(14(10-15)11-19)20-12-13-3-1-4-16(9-13)21-7-2-8-24(21,22)23/h1,3-6,9-10,20H,2,7-8,12H2. The SMILES string of the molecule is N#Cc1cc(F)ccc1NCc1cccc(N2CCCS2(=O)=O)c1. The first-order valence-electron chi connectivity index (χ1n) is 7.52. The molecule has 0 radical (unpaired) electrons. The van der Waals surface area contributed by atoms with Crippen LogP contribution in [0.25, 0.3) is 0 Å². The Bertz CT molecular complexity index is 906. The Labute approximate surface area is 140 Å². The monoisotopic (exact) mass is 345 g/mol. The second kappa shape index (κ2) is 6.49. The molecule has 0 atom stereocenters. The zero-order chi connectivity index (χ0) is 17.2. The van der Waals surface area contributed by atoms with E-state index in [1.807, 2.05) is 18.2 Å². The predicted molar refractivity (Wildman–Crippen MR) is 90.6 cm³/mol. The second-order valence-electron chi connectivity index (χ2n) is 5.57. The number of hydrogen-bond donors (Lipinski definition) is 1. The van der Waals surface area contributed by atoms with Crippen molar-refractivity contribution in [2.24, 2.45) is 0 Å². The molecule has 0 spiro atoms. The summed E-state index contributed by atoms with van der Waals surface area (Å²) < 4.78 is 38.6. The van der Waals surface area contributed by atoms with E-state index in [0.29, 0.717) is 30.9 Å². The van der Waals surface area contributed by atoms with Gasteiger partial charge in [0.25, 0.3) is 0 Å². The summed E-state index contributed by atoms with van der Waals surface area (Å²) in [6.45, 7) is 0.901. The van der Waals surface area contributed by atoms with E-state index >= 15 is 0 Å². The fraction of sp³-hybridized carbons (Fsp3) is 0.235. The molecule has 0 aromatic heterocycles. The van der Waals surface area contributed by atoms with Gasteiger partial charge in [-0.25, -0.2) is 12.8 Å². The summed E-state index contributed by atoms with van der Waals surface area (Å²) in [4.78, 5) is 0. The summed E-state index contributed by atoms with van der Waals surface area (Å²) >= 11 is 0. The topological polar surface area (TPSA) is 73.2 Å². The van der Waals surface area contributed by atoms with E-state index in [4.69, 9.17) is 5.26 Å². The molecule has 3 rings (SSSR count). The van der Waals surface area contributed by atoms with Crippen molar-refractivity contribution in [1.82, 2.24) is 0 Å². The van der Waals surface area contributed by atoms with Crippen LogP contribution in [0.5, 0.6) is 0 Å². The van der Waals surface area contributed by atoms with Crippen molar-refractivity contribution in [2.75, 3.05) is 21.9 Å². The Morgan fingerprint density at radius 3 is 2.79 bits per heavy atom. The van der Waals surface area contributed by atoms with Crippen LogP contribution in [0.3, 0.4) is 0 Å². The number of benzene rings is 2. The largest absolute Gasteiger partial charge is 0.380 e. The third-order valence-corrected chi connectivity index (χ3v) is 5.75. The van der Waals surface area contributed by atoms with Gasteiger partial charge in [-0.05, 0) is 42.3 Å². The van der Waals surface area contributed by atoms with Gasteiger partial charge in [-0.15, -0.1) is 0 Å². The summed E-state index contributed by atoms with van der Waals surface area (Å²) in [7, 11) is -3.21. The molecule has 7 heteroatoms. The van der Waals surface area contributed by atoms with Gasteiger partial charge in [0.1, 0.15) is 11.9 Å². The molecule has 0 aliphatic carbocycles. The van der Waals surface area contributed by atoms with Gasteiger partial charge in [0, 0.05) is 13.1 Å². The molecule has 5 nitrogen and oxygen atoms in total. The predicted octanol–water partition coefficient (Wildman–Crippen LogP) is 2.85. The third kappa shape index (κ3) is 3.34. The molecule has 2 aromatic rings. The molecule has 1 heterocycles. The van der Waals surface area contributed by atoms with E-state index in [1.54, 1.807) is 12.1 Å². The van der Waals surface area contributed by atoms with Gasteiger partial charge in [0.15, 0.2) is 0 Å². The lowest BCUT2D eigenvalue weighted by Crippen LogP contribution is -2.25. The van der Waals surface area contributed by atoms with Crippen molar-refractivity contribution in [3.05, 3.63) is 59.4 Å². The maximum absolute atomic E-state index is 13.2. The first kappa shape index (κ1) is 16.3. The highest BCUT2D eigenvalue weighted by Crippen LogP contribution is 2.25. The summed E-state index contributed by atoms with van der Waals surface area (Å²) in [5, 5.41) is 12.1. The Hall–Kier alpha value is -2.59. The molecular weight excluding hydrogens is 329 g/mol. The molecule has 24 heavy (non-hydrogen) atoms. The first-order valence-corrected chi connectivity index (χ1v) is 9.13. The smallest absolute Gasteiger partial charge is 0.235 e. The van der Waals surface area contributed by atoms with Crippen molar-refractivity contribution in [3.63, 3.8) is 0 Å². The molecule has 1 N–H and O–H groups in total. The highest BCUT2D eigenvalue weighted by atomic mass is 32.2. The van der Waals surface area contributed by atoms with Gasteiger partial charge in [0.2, 0.25) is 10.0 Å². The van der Waals surface area contributed by atoms with Gasteiger partial charge in [-0.1, -0.05) is 12.1 Å². The van der Waals surface area contributed by atoms with Crippen LogP contribution in [0.4, 0.5) is 15.8 Å². The minimum atomic E-state index is -3.21. The number of nitrogens with zero attached hydrogens (tertiary/aromatic N) is 2. The van der Waals surface area contributed by atoms with Gasteiger partial charge < -0.3 is 5.32 Å². The molecule has 0 unspecified atom stereocenters. The fourth-order valence-corrected chi connectivity index (χ4v) is 4.27. The van der Waals surface area contributed by atoms with Crippen LogP contribution in [0, 0.1) is 17.1 Å². The van der Waals surface area contributed by atoms with Crippen LogP contribution in [0.15, 0.2) is 42.5 Å². The lowest BCUT2D eigenvalue weighted by molar-refractivity contribution is 0.599. The van der Waals surface area contributed by atoms with Crippen molar-refractivity contribution in [3.8, 4) is 6.07 Å². The van der Waals surface area contributed by atoms with Crippen LogP contribution in [0.1, 0.15) is 17.5 Å². The number of halogens is 1. The molecule has 1 saturated heterocycles. The quantitative estimate of drug-likeness (QED) is 0.925. The van der Waals surface area contributed by atoms with E-state index in [1.165, 1.54) is 22.5 Å². The second-order valence-corrected chi connectivity index (χ2v) is 7.58. The lowest BCUT2D eigenvalue weighted by Gasteiger charge is -2.18. The normalized spacial score (nSPS) is 15.9. The molecule has 1 fully saturated rings. The van der Waals surface area contributed by atoms with E-state index in [0.717, 1.165) is 5.56 Å². The van der Waals surface area contributed by atoms with E-state index in [-0.39, 0.29) is 11.3 Å². The first-order chi connectivity index (χ1) is 11.5. The van der Waals surface area contributed by atoms with E-state index < -0.39 is 15.8 Å². The van der Waals surface area contributed by atoms with Crippen molar-refractivity contribution >= 4 is 21.4 Å². The Morgan fingerprint density at radius 1 is 1.25 bits per heavy atom. The molecule has 0 bridgehead atoms. The average molecular weight is 345 g/mol. The number of nitrogens with one attached hydrogen (secondary N) is 1. The van der Waals surface area contributed by atoms with Crippen LogP contribution in [-0.2, 0) is 16.6 Å². The van der Waals surface area contributed by atoms with Crippen LogP contribution in [-0.4, -0.2) is 20.7 Å². The number of anilines is 2. The van der Waals surface area contributed by atoms with Gasteiger partial charge >= 0.3 is 0 Å². The maximum atomic E-state index is 13.2. The number of hydrogen-bond acceptors (Lipinski definition) is 4. The van der Waals surface area contributed by atoms with Crippen LogP contribution >= 0.6 is 0 Å². The molecule has 2 aromatic carbocycles.